The van der Waals surface area contributed by atoms with Crippen molar-refractivity contribution in [2.75, 3.05) is 30.5 Å². The molecule has 0 aliphatic heterocycles. The van der Waals surface area contributed by atoms with Crippen LogP contribution in [-0.4, -0.2) is 40.7 Å². The van der Waals surface area contributed by atoms with Crippen LogP contribution in [0.4, 0.5) is 5.69 Å². The fourth-order valence-electron chi connectivity index (χ4n) is 2.98. The molecule has 164 valence electrons. The van der Waals surface area contributed by atoms with Crippen molar-refractivity contribution in [3.8, 4) is 0 Å². The average Bonchev–Trinajstić information content (AvgIpc) is 2.76. The van der Waals surface area contributed by atoms with Gasteiger partial charge in [-0.25, -0.2) is 4.98 Å². The molecule has 0 unspecified atom stereocenters. The lowest BCUT2D eigenvalue weighted by Crippen LogP contribution is -2.25. The Labute approximate surface area is 194 Å². The van der Waals surface area contributed by atoms with Gasteiger partial charge in [-0.1, -0.05) is 29.4 Å². The zero-order valence-electron chi connectivity index (χ0n) is 17.4. The Kier molecular flexibility index (Phi) is 8.83. The van der Waals surface area contributed by atoms with Crippen LogP contribution in [0.3, 0.4) is 0 Å². The number of nitrogens with one attached hydrogen (secondary N) is 1. The molecule has 6 nitrogen and oxygen atoms in total. The number of aromatic nitrogens is 2. The Morgan fingerprint density at radius 2 is 2.10 bits per heavy atom. The first-order valence-corrected chi connectivity index (χ1v) is 12.4. The molecular formula is C22H24ClN3O3S2. The fourth-order valence-corrected chi connectivity index (χ4v) is 4.43. The van der Waals surface area contributed by atoms with E-state index < -0.39 is 0 Å². The minimum absolute atomic E-state index is 0.132. The lowest BCUT2D eigenvalue weighted by molar-refractivity contribution is -0.113. The Bertz CT molecular complexity index is 1120. The Morgan fingerprint density at radius 1 is 1.26 bits per heavy atom. The van der Waals surface area contributed by atoms with Gasteiger partial charge >= 0.3 is 0 Å². The highest BCUT2D eigenvalue weighted by Gasteiger charge is 2.14. The summed E-state index contributed by atoms with van der Waals surface area (Å²) in [5.74, 6) is -0.0300. The number of thioether (sulfide) groups is 2. The zero-order valence-corrected chi connectivity index (χ0v) is 19.8. The fraction of sp³-hybridized carbons (Fsp3) is 0.318. The number of carbonyl (C=O) groups is 1. The molecule has 0 fully saturated rings. The van der Waals surface area contributed by atoms with E-state index in [4.69, 9.17) is 16.3 Å². The highest BCUT2D eigenvalue weighted by molar-refractivity contribution is 7.99. The van der Waals surface area contributed by atoms with E-state index in [1.54, 1.807) is 34.5 Å². The number of amides is 1. The van der Waals surface area contributed by atoms with Gasteiger partial charge in [0.1, 0.15) is 0 Å². The Hall–Kier alpha value is -2.00. The summed E-state index contributed by atoms with van der Waals surface area (Å²) >= 11 is 8.93. The van der Waals surface area contributed by atoms with Crippen molar-refractivity contribution in [1.29, 1.82) is 0 Å². The zero-order chi connectivity index (χ0) is 22.2. The molecule has 31 heavy (non-hydrogen) atoms. The summed E-state index contributed by atoms with van der Waals surface area (Å²) in [6, 6.07) is 12.7. The molecule has 0 aliphatic rings. The summed E-state index contributed by atoms with van der Waals surface area (Å²) in [5.41, 5.74) is 1.12. The van der Waals surface area contributed by atoms with E-state index >= 15 is 0 Å². The van der Waals surface area contributed by atoms with Crippen molar-refractivity contribution >= 4 is 57.6 Å². The monoisotopic (exact) mass is 477 g/mol. The number of benzene rings is 2. The van der Waals surface area contributed by atoms with E-state index in [9.17, 15) is 9.59 Å². The second kappa shape index (κ2) is 11.6. The number of anilines is 1. The third-order valence-corrected chi connectivity index (χ3v) is 6.38. The summed E-state index contributed by atoms with van der Waals surface area (Å²) in [6.07, 6.45) is 2.66. The van der Waals surface area contributed by atoms with Crippen LogP contribution in [0.5, 0.6) is 0 Å². The molecule has 1 amide bonds. The Morgan fingerprint density at radius 3 is 2.87 bits per heavy atom. The number of fused-ring (bicyclic) bond motifs is 1. The predicted molar refractivity (Wildman–Crippen MR) is 130 cm³/mol. The van der Waals surface area contributed by atoms with Gasteiger partial charge in [0.2, 0.25) is 5.91 Å². The van der Waals surface area contributed by atoms with E-state index in [0.29, 0.717) is 47.3 Å². The van der Waals surface area contributed by atoms with Crippen molar-refractivity contribution in [3.63, 3.8) is 0 Å². The quantitative estimate of drug-likeness (QED) is 0.253. The second-order valence-electron chi connectivity index (χ2n) is 6.63. The van der Waals surface area contributed by atoms with Crippen LogP contribution in [0.1, 0.15) is 13.3 Å². The molecule has 0 spiro atoms. The Balaban J connectivity index is 1.79. The first-order valence-electron chi connectivity index (χ1n) is 9.86. The third kappa shape index (κ3) is 6.49. The minimum Gasteiger partial charge on any atom is -0.382 e. The van der Waals surface area contributed by atoms with Crippen LogP contribution < -0.4 is 10.9 Å². The highest BCUT2D eigenvalue weighted by Crippen LogP contribution is 2.22. The molecule has 3 rings (SSSR count). The van der Waals surface area contributed by atoms with E-state index in [-0.39, 0.29) is 17.2 Å². The number of carbonyl (C=O) groups excluding carboxylic acids is 1. The number of hydrogen-bond donors (Lipinski definition) is 1. The predicted octanol–water partition coefficient (Wildman–Crippen LogP) is 4.93. The van der Waals surface area contributed by atoms with Gasteiger partial charge in [-0.15, -0.1) is 11.8 Å². The van der Waals surface area contributed by atoms with Gasteiger partial charge in [-0.05, 0) is 56.0 Å². The summed E-state index contributed by atoms with van der Waals surface area (Å²) in [4.78, 5) is 31.2. The minimum atomic E-state index is -0.162. The first-order chi connectivity index (χ1) is 15.0. The molecule has 0 bridgehead atoms. The molecule has 1 heterocycles. The van der Waals surface area contributed by atoms with Gasteiger partial charge in [-0.3, -0.25) is 14.2 Å². The maximum atomic E-state index is 13.1. The first kappa shape index (κ1) is 23.7. The average molecular weight is 478 g/mol. The molecule has 0 atom stereocenters. The molecule has 9 heteroatoms. The molecule has 0 radical (unpaired) electrons. The molecule has 2 aromatic carbocycles. The van der Waals surface area contributed by atoms with Gasteiger partial charge in [0, 0.05) is 35.4 Å². The van der Waals surface area contributed by atoms with Crippen LogP contribution >= 0.6 is 35.1 Å². The standard InChI is InChI=1S/C22H24ClN3O3S2/c1-3-29-11-5-10-26-21(28)18-9-8-15(23)12-19(18)25-22(26)31-14-20(27)24-16-6-4-7-17(13-16)30-2/h4,6-9,12-13H,3,5,10-11,14H2,1-2H3,(H,24,27). The summed E-state index contributed by atoms with van der Waals surface area (Å²) < 4.78 is 7.01. The maximum absolute atomic E-state index is 13.1. The van der Waals surface area contributed by atoms with Crippen LogP contribution in [0.2, 0.25) is 5.02 Å². The van der Waals surface area contributed by atoms with Crippen LogP contribution in [0, 0.1) is 0 Å². The number of halogens is 1. The SMILES string of the molecule is CCOCCCn1c(SCC(=O)Nc2cccc(SC)c2)nc2cc(Cl)ccc2c1=O. The molecule has 0 saturated heterocycles. The van der Waals surface area contributed by atoms with Gasteiger partial charge in [0.05, 0.1) is 16.7 Å². The van der Waals surface area contributed by atoms with Crippen LogP contribution in [0.25, 0.3) is 10.9 Å². The third-order valence-electron chi connectivity index (χ3n) is 4.44. The smallest absolute Gasteiger partial charge is 0.262 e. The molecule has 0 aliphatic carbocycles. The van der Waals surface area contributed by atoms with Crippen molar-refractivity contribution in [1.82, 2.24) is 9.55 Å². The lowest BCUT2D eigenvalue weighted by Gasteiger charge is -2.13. The molecular weight excluding hydrogens is 454 g/mol. The lowest BCUT2D eigenvalue weighted by atomic mass is 10.2. The number of nitrogens with zero attached hydrogens (tertiary/aromatic N) is 2. The van der Waals surface area contributed by atoms with E-state index in [1.807, 2.05) is 37.4 Å². The second-order valence-corrected chi connectivity index (χ2v) is 8.89. The van der Waals surface area contributed by atoms with Crippen molar-refractivity contribution in [3.05, 3.63) is 57.8 Å². The largest absolute Gasteiger partial charge is 0.382 e. The van der Waals surface area contributed by atoms with Crippen LogP contribution in [0.15, 0.2) is 57.3 Å². The van der Waals surface area contributed by atoms with Gasteiger partial charge in [-0.2, -0.15) is 0 Å². The molecule has 1 N–H and O–H groups in total. The van der Waals surface area contributed by atoms with E-state index in [1.165, 1.54) is 11.8 Å². The topological polar surface area (TPSA) is 73.2 Å². The summed E-state index contributed by atoms with van der Waals surface area (Å²) in [6.45, 7) is 3.58. The van der Waals surface area contributed by atoms with E-state index in [2.05, 4.69) is 10.3 Å². The van der Waals surface area contributed by atoms with Crippen molar-refractivity contribution in [2.24, 2.45) is 0 Å². The van der Waals surface area contributed by atoms with Gasteiger partial charge in [0.25, 0.3) is 5.56 Å². The van der Waals surface area contributed by atoms with E-state index in [0.717, 1.165) is 10.6 Å². The molecule has 0 saturated carbocycles. The number of rotatable bonds is 10. The highest BCUT2D eigenvalue weighted by atomic mass is 35.5. The maximum Gasteiger partial charge on any atom is 0.262 e. The summed E-state index contributed by atoms with van der Waals surface area (Å²) in [5, 5.41) is 4.40. The van der Waals surface area contributed by atoms with Crippen molar-refractivity contribution in [2.45, 2.75) is 29.9 Å². The van der Waals surface area contributed by atoms with Gasteiger partial charge in [0.15, 0.2) is 5.16 Å². The summed E-state index contributed by atoms with van der Waals surface area (Å²) in [7, 11) is 0. The normalized spacial score (nSPS) is 11.1. The molecule has 1 aromatic heterocycles. The molecule has 3 aromatic rings. The number of ether oxygens (including phenoxy) is 1. The van der Waals surface area contributed by atoms with Gasteiger partial charge < -0.3 is 10.1 Å². The van der Waals surface area contributed by atoms with Crippen LogP contribution in [-0.2, 0) is 16.1 Å². The van der Waals surface area contributed by atoms with Crippen molar-refractivity contribution < 1.29 is 9.53 Å². The number of hydrogen-bond acceptors (Lipinski definition) is 6.